The Morgan fingerprint density at radius 3 is 1.74 bits per heavy atom. The van der Waals surface area contributed by atoms with Crippen LogP contribution in [0.25, 0.3) is 5.57 Å². The molecule has 0 aromatic heterocycles. The van der Waals surface area contributed by atoms with Gasteiger partial charge in [-0.15, -0.1) is 0 Å². The van der Waals surface area contributed by atoms with Gasteiger partial charge in [-0.1, -0.05) is 137 Å². The van der Waals surface area contributed by atoms with Crippen LogP contribution in [-0.4, -0.2) is 9.52 Å². The summed E-state index contributed by atoms with van der Waals surface area (Å²) in [5.41, 5.74) is 16.9. The molecule has 0 bridgehead atoms. The molecule has 0 heterocycles. The topological polar surface area (TPSA) is 0 Å². The van der Waals surface area contributed by atoms with Gasteiger partial charge in [0.2, 0.25) is 0 Å². The van der Waals surface area contributed by atoms with E-state index in [1.807, 2.05) is 0 Å². The van der Waals surface area contributed by atoms with Crippen molar-refractivity contribution in [2.75, 3.05) is 0 Å². The summed E-state index contributed by atoms with van der Waals surface area (Å²) in [5, 5.41) is 1.58. The van der Waals surface area contributed by atoms with Crippen molar-refractivity contribution in [3.8, 4) is 0 Å². The van der Waals surface area contributed by atoms with Crippen LogP contribution in [0.2, 0.25) is 0 Å². The highest BCUT2D eigenvalue weighted by Gasteiger charge is 2.36. The average Bonchev–Trinajstić information content (AvgIpc) is 3.12. The highest BCUT2D eigenvalue weighted by atomic mass is 28.2. The van der Waals surface area contributed by atoms with Gasteiger partial charge in [-0.25, -0.2) is 0 Å². The highest BCUT2D eigenvalue weighted by Crippen LogP contribution is 2.49. The number of benzene rings is 3. The van der Waals surface area contributed by atoms with Gasteiger partial charge in [0.1, 0.15) is 0 Å². The number of aryl methyl sites for hydroxylation is 3. The molecule has 2 unspecified atom stereocenters. The van der Waals surface area contributed by atoms with Crippen molar-refractivity contribution in [1.82, 2.24) is 0 Å². The van der Waals surface area contributed by atoms with Crippen molar-refractivity contribution in [1.29, 1.82) is 0 Å². The maximum Gasteiger partial charge on any atom is 0.0636 e. The zero-order valence-electron chi connectivity index (χ0n) is 28.8. The van der Waals surface area contributed by atoms with Crippen LogP contribution in [0.15, 0.2) is 77.4 Å². The Hall–Kier alpha value is -2.64. The van der Waals surface area contributed by atoms with Gasteiger partial charge in [0.25, 0.3) is 0 Å². The predicted octanol–water partition coefficient (Wildman–Crippen LogP) is 10.2. The van der Waals surface area contributed by atoms with Gasteiger partial charge >= 0.3 is 0 Å². The van der Waals surface area contributed by atoms with E-state index in [-0.39, 0.29) is 10.8 Å². The fraction of sp³-hybridized carbons (Fsp3) is 0.463. The SMILES string of the molecule is CCCCc1ccc(C2=C(C)C(C)=C(C)C2C([SiH2]c2cc(C)cc(C)c2)c2cc(C(C)(C)C)cc(C(C)(C)C)c2)cc1. The maximum absolute atomic E-state index is 2.58. The molecule has 4 rings (SSSR count). The largest absolute Gasteiger partial charge is 0.0657 e. The molecule has 0 spiro atoms. The Bertz CT molecular complexity index is 1430. The molecule has 42 heavy (non-hydrogen) atoms. The molecule has 3 aromatic carbocycles. The molecule has 0 saturated heterocycles. The van der Waals surface area contributed by atoms with Crippen molar-refractivity contribution in [3.05, 3.63) is 116 Å². The van der Waals surface area contributed by atoms with E-state index >= 15 is 0 Å². The molecule has 0 aliphatic heterocycles. The normalized spacial score (nSPS) is 17.2. The van der Waals surface area contributed by atoms with E-state index in [1.54, 1.807) is 21.9 Å². The van der Waals surface area contributed by atoms with Crippen molar-refractivity contribution in [2.24, 2.45) is 5.92 Å². The standard InChI is InChI=1S/C41H56Si/c1-13-14-15-31-16-18-32(19-17-31)37-29(5)28(4)30(6)38(37)39(42-36-21-26(2)20-27(3)22-36)33-23-34(40(7,8)9)25-35(24-33)41(10,11)12/h16-25,38-39H,13-15,42H2,1-12H3. The van der Waals surface area contributed by atoms with Gasteiger partial charge in [-0.05, 0) is 108 Å². The Labute approximate surface area is 260 Å². The van der Waals surface area contributed by atoms with Crippen LogP contribution in [0.1, 0.15) is 127 Å². The first kappa shape index (κ1) is 32.3. The van der Waals surface area contributed by atoms with Gasteiger partial charge in [-0.3, -0.25) is 0 Å². The minimum Gasteiger partial charge on any atom is -0.0657 e. The molecule has 1 aliphatic rings. The zero-order valence-corrected chi connectivity index (χ0v) is 30.2. The Balaban J connectivity index is 1.94. The number of hydrogen-bond acceptors (Lipinski definition) is 0. The van der Waals surface area contributed by atoms with Crippen molar-refractivity contribution >= 4 is 20.3 Å². The predicted molar refractivity (Wildman–Crippen MR) is 190 cm³/mol. The first-order valence-electron chi connectivity index (χ1n) is 16.3. The second kappa shape index (κ2) is 12.5. The highest BCUT2D eigenvalue weighted by molar-refractivity contribution is 6.55. The molecule has 0 N–H and O–H groups in total. The second-order valence-electron chi connectivity index (χ2n) is 15.3. The summed E-state index contributed by atoms with van der Waals surface area (Å²) >= 11 is 0. The van der Waals surface area contributed by atoms with Crippen LogP contribution in [0, 0.1) is 19.8 Å². The lowest BCUT2D eigenvalue weighted by Gasteiger charge is -2.33. The maximum atomic E-state index is 2.58. The molecule has 3 aromatic rings. The summed E-state index contributed by atoms with van der Waals surface area (Å²) in [6.07, 6.45) is 3.67. The molecular formula is C41H56Si. The smallest absolute Gasteiger partial charge is 0.0636 e. The van der Waals surface area contributed by atoms with E-state index in [4.69, 9.17) is 0 Å². The lowest BCUT2D eigenvalue weighted by molar-refractivity contribution is 0.565. The van der Waals surface area contributed by atoms with Crippen LogP contribution in [0.5, 0.6) is 0 Å². The lowest BCUT2D eigenvalue weighted by atomic mass is 9.77. The third kappa shape index (κ3) is 7.11. The van der Waals surface area contributed by atoms with Gasteiger partial charge in [0.15, 0.2) is 0 Å². The fourth-order valence-corrected chi connectivity index (χ4v) is 9.60. The first-order chi connectivity index (χ1) is 19.6. The summed E-state index contributed by atoms with van der Waals surface area (Å²) in [5.74, 6) is 0.405. The summed E-state index contributed by atoms with van der Waals surface area (Å²) in [6.45, 7) is 28.2. The molecule has 224 valence electrons. The van der Waals surface area contributed by atoms with E-state index in [2.05, 4.69) is 144 Å². The fourth-order valence-electron chi connectivity index (χ4n) is 6.91. The average molecular weight is 577 g/mol. The molecule has 1 aliphatic carbocycles. The van der Waals surface area contributed by atoms with E-state index in [1.165, 1.54) is 63.8 Å². The van der Waals surface area contributed by atoms with Crippen molar-refractivity contribution < 1.29 is 0 Å². The van der Waals surface area contributed by atoms with Gasteiger partial charge in [0, 0.05) is 5.92 Å². The lowest BCUT2D eigenvalue weighted by Crippen LogP contribution is -2.30. The number of rotatable bonds is 8. The third-order valence-electron chi connectivity index (χ3n) is 9.67. The molecule has 0 amide bonds. The van der Waals surface area contributed by atoms with Crippen molar-refractivity contribution in [3.63, 3.8) is 0 Å². The first-order valence-corrected chi connectivity index (χ1v) is 17.8. The number of hydrogen-bond donors (Lipinski definition) is 0. The van der Waals surface area contributed by atoms with Gasteiger partial charge in [0.05, 0.1) is 9.52 Å². The van der Waals surface area contributed by atoms with Gasteiger partial charge in [-0.2, -0.15) is 0 Å². The van der Waals surface area contributed by atoms with E-state index in [9.17, 15) is 0 Å². The Morgan fingerprint density at radius 2 is 1.24 bits per heavy atom. The minimum absolute atomic E-state index is 0.0986. The summed E-state index contributed by atoms with van der Waals surface area (Å²) in [4.78, 5) is 0. The number of unbranched alkanes of at least 4 members (excludes halogenated alkanes) is 1. The molecule has 0 fully saturated rings. The molecule has 2 atom stereocenters. The number of allylic oxidation sites excluding steroid dienone is 4. The van der Waals surface area contributed by atoms with Crippen LogP contribution in [-0.2, 0) is 17.3 Å². The molecule has 0 radical (unpaired) electrons. The Kier molecular flexibility index (Phi) is 9.63. The summed E-state index contributed by atoms with van der Waals surface area (Å²) in [6, 6.07) is 24.5. The van der Waals surface area contributed by atoms with Crippen LogP contribution < -0.4 is 5.19 Å². The van der Waals surface area contributed by atoms with Gasteiger partial charge < -0.3 is 0 Å². The van der Waals surface area contributed by atoms with Crippen molar-refractivity contribution in [2.45, 2.75) is 119 Å². The summed E-state index contributed by atoms with van der Waals surface area (Å²) < 4.78 is 0. The van der Waals surface area contributed by atoms with Crippen LogP contribution >= 0.6 is 0 Å². The monoisotopic (exact) mass is 576 g/mol. The molecular weight excluding hydrogens is 521 g/mol. The zero-order chi connectivity index (χ0) is 31.0. The Morgan fingerprint density at radius 1 is 0.690 bits per heavy atom. The molecule has 0 nitrogen and oxygen atoms in total. The summed E-state index contributed by atoms with van der Waals surface area (Å²) in [7, 11) is -0.689. The quantitative estimate of drug-likeness (QED) is 0.234. The minimum atomic E-state index is -0.689. The van der Waals surface area contributed by atoms with E-state index < -0.39 is 9.52 Å². The van der Waals surface area contributed by atoms with Crippen LogP contribution in [0.3, 0.4) is 0 Å². The second-order valence-corrected chi connectivity index (χ2v) is 17.4. The van der Waals surface area contributed by atoms with E-state index in [0.29, 0.717) is 11.5 Å². The van der Waals surface area contributed by atoms with Crippen LogP contribution in [0.4, 0.5) is 0 Å². The third-order valence-corrected chi connectivity index (χ3v) is 11.9. The molecule has 1 heteroatoms. The van der Waals surface area contributed by atoms with E-state index in [0.717, 1.165) is 0 Å². The molecule has 0 saturated carbocycles.